The van der Waals surface area contributed by atoms with Gasteiger partial charge in [-0.15, -0.1) is 0 Å². The molecular weight excluding hydrogens is 323 g/mol. The van der Waals surface area contributed by atoms with Gasteiger partial charge in [0.2, 0.25) is 3.12 Å². The third-order valence-corrected chi connectivity index (χ3v) is 6.46. The van der Waals surface area contributed by atoms with Crippen LogP contribution in [-0.2, 0) is 9.84 Å². The fourth-order valence-electron chi connectivity index (χ4n) is 1.04. The largest absolute Gasteiger partial charge is 0.385 e. The van der Waals surface area contributed by atoms with E-state index in [4.69, 9.17) is 11.6 Å². The Morgan fingerprint density at radius 2 is 1.88 bits per heavy atom. The van der Waals surface area contributed by atoms with Crippen LogP contribution in [-0.4, -0.2) is 22.9 Å². The number of aliphatic hydroxyl groups excluding tert-OH is 1. The molecule has 0 radical (unpaired) electrons. The summed E-state index contributed by atoms with van der Waals surface area (Å²) in [4.78, 5) is 0. The van der Waals surface area contributed by atoms with Crippen molar-refractivity contribution in [2.75, 3.05) is 6.26 Å². The summed E-state index contributed by atoms with van der Waals surface area (Å²) in [5.41, 5.74) is 0.207. The lowest BCUT2D eigenvalue weighted by Crippen LogP contribution is -2.32. The molecule has 0 spiro atoms. The predicted molar refractivity (Wildman–Crippen MR) is 63.7 cm³/mol. The highest BCUT2D eigenvalue weighted by molar-refractivity contribution is 9.12. The average Bonchev–Trinajstić information content (AvgIpc) is 2.16. The Morgan fingerprint density at radius 1 is 1.44 bits per heavy atom. The Bertz CT molecular complexity index is 472. The molecule has 2 unspecified atom stereocenters. The van der Waals surface area contributed by atoms with Gasteiger partial charge in [0, 0.05) is 6.26 Å². The van der Waals surface area contributed by atoms with Crippen LogP contribution in [0, 0.1) is 5.82 Å². The highest BCUT2D eigenvalue weighted by Crippen LogP contribution is 2.41. The molecule has 0 saturated carbocycles. The summed E-state index contributed by atoms with van der Waals surface area (Å²) in [6.07, 6.45) is -0.605. The van der Waals surface area contributed by atoms with E-state index in [0.29, 0.717) is 0 Å². The lowest BCUT2D eigenvalue weighted by atomic mass is 10.1. The van der Waals surface area contributed by atoms with Gasteiger partial charge in [0.25, 0.3) is 0 Å². The Labute approximate surface area is 106 Å². The fraction of sp³-hybridized carbons (Fsp3) is 0.333. The first-order valence-corrected chi connectivity index (χ1v) is 7.23. The van der Waals surface area contributed by atoms with Crippen LogP contribution in [0.15, 0.2) is 24.3 Å². The number of hydrogen-bond acceptors (Lipinski definition) is 3. The van der Waals surface area contributed by atoms with Crippen LogP contribution >= 0.6 is 27.5 Å². The summed E-state index contributed by atoms with van der Waals surface area (Å²) in [6.45, 7) is 0. The van der Waals surface area contributed by atoms with E-state index < -0.39 is 24.9 Å². The van der Waals surface area contributed by atoms with Crippen LogP contribution in [0.2, 0.25) is 0 Å². The zero-order valence-electron chi connectivity index (χ0n) is 8.19. The van der Waals surface area contributed by atoms with E-state index in [9.17, 15) is 17.9 Å². The SMILES string of the molecule is CS(=O)(=O)C(Cl)(Br)C(O)c1ccc(F)cc1. The van der Waals surface area contributed by atoms with Gasteiger partial charge in [-0.2, -0.15) is 0 Å². The topological polar surface area (TPSA) is 54.4 Å². The van der Waals surface area contributed by atoms with Crippen molar-refractivity contribution in [3.63, 3.8) is 0 Å². The molecule has 7 heteroatoms. The number of aliphatic hydroxyl groups is 1. The van der Waals surface area contributed by atoms with Gasteiger partial charge in [-0.05, 0) is 33.6 Å². The highest BCUT2D eigenvalue weighted by atomic mass is 79.9. The molecule has 1 N–H and O–H groups in total. The maximum Gasteiger partial charge on any atom is 0.228 e. The van der Waals surface area contributed by atoms with E-state index in [-0.39, 0.29) is 5.56 Å². The highest BCUT2D eigenvalue weighted by Gasteiger charge is 2.44. The smallest absolute Gasteiger partial charge is 0.228 e. The molecular formula is C9H9BrClFO3S. The lowest BCUT2D eigenvalue weighted by molar-refractivity contribution is 0.185. The maximum absolute atomic E-state index is 12.6. The number of rotatable bonds is 3. The third kappa shape index (κ3) is 2.74. The number of sulfone groups is 1. The molecule has 1 aromatic carbocycles. The van der Waals surface area contributed by atoms with Gasteiger partial charge in [-0.3, -0.25) is 0 Å². The second-order valence-corrected chi connectivity index (χ2v) is 8.53. The Kier molecular flexibility index (Phi) is 3.99. The molecule has 0 aromatic heterocycles. The summed E-state index contributed by atoms with van der Waals surface area (Å²) in [7, 11) is -3.72. The van der Waals surface area contributed by atoms with Gasteiger partial charge in [0.05, 0.1) is 0 Å². The molecule has 2 atom stereocenters. The summed E-state index contributed by atoms with van der Waals surface area (Å²) in [5.74, 6) is -0.481. The van der Waals surface area contributed by atoms with E-state index in [2.05, 4.69) is 15.9 Å². The van der Waals surface area contributed by atoms with E-state index in [1.807, 2.05) is 0 Å². The van der Waals surface area contributed by atoms with Gasteiger partial charge in [0.1, 0.15) is 11.9 Å². The molecule has 0 aliphatic rings. The van der Waals surface area contributed by atoms with Gasteiger partial charge < -0.3 is 5.11 Å². The Balaban J connectivity index is 3.12. The van der Waals surface area contributed by atoms with Crippen LogP contribution < -0.4 is 0 Å². The van der Waals surface area contributed by atoms with Crippen molar-refractivity contribution in [2.24, 2.45) is 0 Å². The molecule has 3 nitrogen and oxygen atoms in total. The molecule has 16 heavy (non-hydrogen) atoms. The molecule has 0 saturated heterocycles. The van der Waals surface area contributed by atoms with E-state index >= 15 is 0 Å². The first-order valence-electron chi connectivity index (χ1n) is 4.17. The van der Waals surface area contributed by atoms with Gasteiger partial charge >= 0.3 is 0 Å². The fourth-order valence-corrected chi connectivity index (χ4v) is 1.97. The normalized spacial score (nSPS) is 17.8. The van der Waals surface area contributed by atoms with Gasteiger partial charge in [-0.25, -0.2) is 12.8 Å². The first kappa shape index (κ1) is 13.9. The standard InChI is InChI=1S/C9H9BrClFO3S/c1-16(14,15)9(10,11)8(13)6-2-4-7(12)5-3-6/h2-5,8,13H,1H3. The van der Waals surface area contributed by atoms with Gasteiger partial charge in [0.15, 0.2) is 9.84 Å². The van der Waals surface area contributed by atoms with Crippen molar-refractivity contribution >= 4 is 37.4 Å². The van der Waals surface area contributed by atoms with Crippen LogP contribution in [0.3, 0.4) is 0 Å². The van der Waals surface area contributed by atoms with Crippen molar-refractivity contribution in [3.8, 4) is 0 Å². The molecule has 0 bridgehead atoms. The molecule has 90 valence electrons. The minimum atomic E-state index is -3.72. The van der Waals surface area contributed by atoms with Crippen molar-refractivity contribution in [2.45, 2.75) is 9.22 Å². The summed E-state index contributed by atoms with van der Waals surface area (Å²) >= 11 is 8.48. The Hall–Kier alpha value is -0.170. The zero-order chi connectivity index (χ0) is 12.6. The van der Waals surface area contributed by atoms with Crippen molar-refractivity contribution in [1.82, 2.24) is 0 Å². The van der Waals surface area contributed by atoms with Crippen LogP contribution in [0.25, 0.3) is 0 Å². The quantitative estimate of drug-likeness (QED) is 0.864. The molecule has 0 aliphatic carbocycles. The van der Waals surface area contributed by atoms with Gasteiger partial charge in [-0.1, -0.05) is 23.7 Å². The average molecular weight is 332 g/mol. The second-order valence-electron chi connectivity index (χ2n) is 3.29. The molecule has 1 aromatic rings. The maximum atomic E-state index is 12.6. The van der Waals surface area contributed by atoms with E-state index in [1.165, 1.54) is 12.1 Å². The monoisotopic (exact) mass is 330 g/mol. The van der Waals surface area contributed by atoms with Crippen LogP contribution in [0.4, 0.5) is 4.39 Å². The molecule has 0 amide bonds. The van der Waals surface area contributed by atoms with E-state index in [0.717, 1.165) is 18.4 Å². The van der Waals surface area contributed by atoms with Crippen LogP contribution in [0.5, 0.6) is 0 Å². The zero-order valence-corrected chi connectivity index (χ0v) is 11.4. The van der Waals surface area contributed by atoms with Crippen molar-refractivity contribution in [3.05, 3.63) is 35.6 Å². The minimum absolute atomic E-state index is 0.207. The van der Waals surface area contributed by atoms with Crippen molar-refractivity contribution < 1.29 is 17.9 Å². The summed E-state index contributed by atoms with van der Waals surface area (Å²) < 4.78 is 33.3. The number of alkyl halides is 2. The molecule has 1 rings (SSSR count). The Morgan fingerprint density at radius 3 is 2.25 bits per heavy atom. The molecule has 0 aliphatic heterocycles. The number of benzene rings is 1. The minimum Gasteiger partial charge on any atom is -0.385 e. The third-order valence-electron chi connectivity index (χ3n) is 2.00. The number of hydrogen-bond donors (Lipinski definition) is 1. The van der Waals surface area contributed by atoms with E-state index in [1.54, 1.807) is 0 Å². The number of halogens is 3. The van der Waals surface area contributed by atoms with Crippen molar-refractivity contribution in [1.29, 1.82) is 0 Å². The first-order chi connectivity index (χ1) is 7.16. The summed E-state index contributed by atoms with van der Waals surface area (Å²) in [6, 6.07) is 4.76. The summed E-state index contributed by atoms with van der Waals surface area (Å²) in [5, 5.41) is 9.79. The second kappa shape index (κ2) is 4.60. The van der Waals surface area contributed by atoms with Crippen LogP contribution in [0.1, 0.15) is 11.7 Å². The molecule has 0 fully saturated rings. The molecule has 0 heterocycles. The predicted octanol–water partition coefficient (Wildman–Crippen LogP) is 2.19. The lowest BCUT2D eigenvalue weighted by Gasteiger charge is -2.24.